The predicted octanol–water partition coefficient (Wildman–Crippen LogP) is 5.45. The number of hydrogen-bond donors (Lipinski definition) is 2. The summed E-state index contributed by atoms with van der Waals surface area (Å²) in [5.74, 6) is 1.44. The highest BCUT2D eigenvalue weighted by Crippen LogP contribution is 2.30. The minimum Gasteiger partial charge on any atom is -0.494 e. The van der Waals surface area contributed by atoms with Gasteiger partial charge in [0.05, 0.1) is 19.4 Å². The summed E-state index contributed by atoms with van der Waals surface area (Å²) in [5, 5.41) is 9.31. The molecule has 7 heteroatoms. The van der Waals surface area contributed by atoms with E-state index < -0.39 is 6.03 Å². The standard InChI is InChI=1S/C22H22ClN3O3/c1-3-28-18-11-5-15-6-12-21(29-4-2)20(19(15)13-18)14-24-26-22(27)25-17-9-7-16(23)8-10-17/h5-14H,3-4H2,1-2H3,(H2,25,26,27)/b24-14-. The molecule has 0 spiro atoms. The van der Waals surface area contributed by atoms with E-state index in [-0.39, 0.29) is 0 Å². The summed E-state index contributed by atoms with van der Waals surface area (Å²) in [6.07, 6.45) is 1.57. The lowest BCUT2D eigenvalue weighted by Gasteiger charge is -2.12. The Morgan fingerprint density at radius 2 is 1.76 bits per heavy atom. The number of hydrazone groups is 1. The third-order valence-electron chi connectivity index (χ3n) is 4.07. The number of rotatable bonds is 7. The van der Waals surface area contributed by atoms with Crippen molar-refractivity contribution in [3.63, 3.8) is 0 Å². The lowest BCUT2D eigenvalue weighted by atomic mass is 10.0. The van der Waals surface area contributed by atoms with Gasteiger partial charge in [0.2, 0.25) is 0 Å². The van der Waals surface area contributed by atoms with Crippen molar-refractivity contribution in [1.29, 1.82) is 0 Å². The minimum atomic E-state index is -0.461. The molecule has 0 heterocycles. The Balaban J connectivity index is 1.82. The maximum Gasteiger partial charge on any atom is 0.339 e. The van der Waals surface area contributed by atoms with Gasteiger partial charge in [-0.3, -0.25) is 0 Å². The van der Waals surface area contributed by atoms with E-state index in [1.54, 1.807) is 30.5 Å². The Morgan fingerprint density at radius 1 is 1.03 bits per heavy atom. The van der Waals surface area contributed by atoms with Gasteiger partial charge in [-0.1, -0.05) is 23.7 Å². The molecule has 0 aliphatic carbocycles. The smallest absolute Gasteiger partial charge is 0.339 e. The molecule has 150 valence electrons. The molecule has 3 aromatic carbocycles. The third-order valence-corrected chi connectivity index (χ3v) is 4.32. The number of halogens is 1. The molecule has 29 heavy (non-hydrogen) atoms. The normalized spacial score (nSPS) is 10.9. The molecule has 0 saturated heterocycles. The van der Waals surface area contributed by atoms with E-state index in [1.807, 2.05) is 44.2 Å². The van der Waals surface area contributed by atoms with E-state index in [2.05, 4.69) is 15.8 Å². The largest absolute Gasteiger partial charge is 0.494 e. The van der Waals surface area contributed by atoms with Crippen molar-refractivity contribution in [3.05, 3.63) is 65.2 Å². The maximum atomic E-state index is 12.1. The number of benzene rings is 3. The minimum absolute atomic E-state index is 0.461. The first-order valence-electron chi connectivity index (χ1n) is 9.28. The number of ether oxygens (including phenoxy) is 2. The number of urea groups is 1. The summed E-state index contributed by atoms with van der Waals surface area (Å²) < 4.78 is 11.3. The lowest BCUT2D eigenvalue weighted by molar-refractivity contribution is 0.252. The Morgan fingerprint density at radius 3 is 2.48 bits per heavy atom. The highest BCUT2D eigenvalue weighted by molar-refractivity contribution is 6.30. The van der Waals surface area contributed by atoms with Crippen LogP contribution in [0.3, 0.4) is 0 Å². The third kappa shape index (κ3) is 5.39. The van der Waals surface area contributed by atoms with Crippen LogP contribution in [0.2, 0.25) is 5.02 Å². The zero-order valence-corrected chi connectivity index (χ0v) is 17.0. The van der Waals surface area contributed by atoms with E-state index in [1.165, 1.54) is 0 Å². The number of anilines is 1. The molecule has 6 nitrogen and oxygen atoms in total. The topological polar surface area (TPSA) is 72.0 Å². The first-order chi connectivity index (χ1) is 14.1. The van der Waals surface area contributed by atoms with Crippen molar-refractivity contribution in [2.24, 2.45) is 5.10 Å². The number of carbonyl (C=O) groups excluding carboxylic acids is 1. The van der Waals surface area contributed by atoms with E-state index in [0.717, 1.165) is 22.1 Å². The lowest BCUT2D eigenvalue weighted by Crippen LogP contribution is -2.24. The van der Waals surface area contributed by atoms with Crippen LogP contribution < -0.4 is 20.2 Å². The average Bonchev–Trinajstić information content (AvgIpc) is 2.71. The molecule has 3 rings (SSSR count). The maximum absolute atomic E-state index is 12.1. The summed E-state index contributed by atoms with van der Waals surface area (Å²) in [6.45, 7) is 4.94. The second-order valence-electron chi connectivity index (χ2n) is 6.06. The van der Waals surface area contributed by atoms with Gasteiger partial charge < -0.3 is 14.8 Å². The Hall–Kier alpha value is -3.25. The van der Waals surface area contributed by atoms with Gasteiger partial charge in [-0.05, 0) is 67.1 Å². The second-order valence-corrected chi connectivity index (χ2v) is 6.49. The van der Waals surface area contributed by atoms with Crippen molar-refractivity contribution < 1.29 is 14.3 Å². The fraction of sp³-hybridized carbons (Fsp3) is 0.182. The fourth-order valence-electron chi connectivity index (χ4n) is 2.82. The molecular formula is C22H22ClN3O3. The van der Waals surface area contributed by atoms with Gasteiger partial charge in [0, 0.05) is 16.3 Å². The first-order valence-corrected chi connectivity index (χ1v) is 9.66. The van der Waals surface area contributed by atoms with Gasteiger partial charge in [0.25, 0.3) is 0 Å². The van der Waals surface area contributed by atoms with Crippen molar-refractivity contribution in [3.8, 4) is 11.5 Å². The van der Waals surface area contributed by atoms with Gasteiger partial charge in [0.15, 0.2) is 0 Å². The molecule has 0 saturated carbocycles. The highest BCUT2D eigenvalue weighted by Gasteiger charge is 2.09. The summed E-state index contributed by atoms with van der Waals surface area (Å²) in [6, 6.07) is 16.1. The number of amides is 2. The number of nitrogens with zero attached hydrogens (tertiary/aromatic N) is 1. The van der Waals surface area contributed by atoms with Crippen LogP contribution in [0.1, 0.15) is 19.4 Å². The van der Waals surface area contributed by atoms with Crippen LogP contribution in [0.25, 0.3) is 10.8 Å². The summed E-state index contributed by atoms with van der Waals surface area (Å²) in [5.41, 5.74) is 3.84. The molecule has 0 aliphatic heterocycles. The molecule has 2 amide bonds. The number of hydrogen-bond acceptors (Lipinski definition) is 4. The van der Waals surface area contributed by atoms with Crippen LogP contribution in [0.4, 0.5) is 10.5 Å². The second kappa shape index (κ2) is 9.80. The molecule has 3 aromatic rings. The Kier molecular flexibility index (Phi) is 6.92. The summed E-state index contributed by atoms with van der Waals surface area (Å²) in [7, 11) is 0. The van der Waals surface area contributed by atoms with Crippen LogP contribution in [-0.2, 0) is 0 Å². The monoisotopic (exact) mass is 411 g/mol. The van der Waals surface area contributed by atoms with Crippen molar-refractivity contribution in [2.75, 3.05) is 18.5 Å². The van der Waals surface area contributed by atoms with Crippen LogP contribution >= 0.6 is 11.6 Å². The molecule has 0 radical (unpaired) electrons. The molecular weight excluding hydrogens is 390 g/mol. The van der Waals surface area contributed by atoms with Gasteiger partial charge >= 0.3 is 6.03 Å². The predicted molar refractivity (Wildman–Crippen MR) is 117 cm³/mol. The van der Waals surface area contributed by atoms with Crippen molar-refractivity contribution >= 4 is 40.3 Å². The van der Waals surface area contributed by atoms with Gasteiger partial charge in [0.1, 0.15) is 11.5 Å². The van der Waals surface area contributed by atoms with Crippen molar-refractivity contribution in [1.82, 2.24) is 5.43 Å². The van der Waals surface area contributed by atoms with Gasteiger partial charge in [-0.15, -0.1) is 0 Å². The highest BCUT2D eigenvalue weighted by atomic mass is 35.5. The van der Waals surface area contributed by atoms with E-state index in [0.29, 0.717) is 29.7 Å². The molecule has 0 bridgehead atoms. The number of fused-ring (bicyclic) bond motifs is 1. The Bertz CT molecular complexity index is 1010. The van der Waals surface area contributed by atoms with E-state index in [4.69, 9.17) is 21.1 Å². The van der Waals surface area contributed by atoms with Crippen LogP contribution in [-0.4, -0.2) is 25.5 Å². The summed E-state index contributed by atoms with van der Waals surface area (Å²) in [4.78, 5) is 12.1. The van der Waals surface area contributed by atoms with E-state index in [9.17, 15) is 4.79 Å². The Labute approximate surface area is 174 Å². The van der Waals surface area contributed by atoms with Gasteiger partial charge in [-0.2, -0.15) is 5.10 Å². The summed E-state index contributed by atoms with van der Waals surface area (Å²) >= 11 is 5.85. The number of nitrogens with one attached hydrogen (secondary N) is 2. The molecule has 0 unspecified atom stereocenters. The number of carbonyl (C=O) groups is 1. The van der Waals surface area contributed by atoms with E-state index >= 15 is 0 Å². The van der Waals surface area contributed by atoms with Crippen LogP contribution in [0.5, 0.6) is 11.5 Å². The first kappa shape index (κ1) is 20.5. The quantitative estimate of drug-likeness (QED) is 0.401. The SMILES string of the molecule is CCOc1ccc2ccc(OCC)c(/C=N\NC(=O)Nc3ccc(Cl)cc3)c2c1. The average molecular weight is 412 g/mol. The van der Waals surface area contributed by atoms with Crippen LogP contribution in [0.15, 0.2) is 59.7 Å². The van der Waals surface area contributed by atoms with Gasteiger partial charge in [-0.25, -0.2) is 10.2 Å². The molecule has 0 fully saturated rings. The zero-order chi connectivity index (χ0) is 20.6. The molecule has 0 atom stereocenters. The molecule has 0 aliphatic rings. The van der Waals surface area contributed by atoms with Crippen molar-refractivity contribution in [2.45, 2.75) is 13.8 Å². The zero-order valence-electron chi connectivity index (χ0n) is 16.2. The molecule has 0 aromatic heterocycles. The van der Waals surface area contributed by atoms with Crippen LogP contribution in [0, 0.1) is 0 Å². The molecule has 2 N–H and O–H groups in total. The fourth-order valence-corrected chi connectivity index (χ4v) is 2.95.